The zero-order valence-corrected chi connectivity index (χ0v) is 13.5. The molecule has 0 atom stereocenters. The van der Waals surface area contributed by atoms with Gasteiger partial charge in [-0.25, -0.2) is 4.98 Å². The second-order valence-corrected chi connectivity index (χ2v) is 6.28. The van der Waals surface area contributed by atoms with Crippen LogP contribution in [0.1, 0.15) is 13.8 Å². The SMILES string of the molecule is CC(C)CNC(=O)CSc1ncc(-c2ccccc2)n1C. The number of imidazole rings is 1. The van der Waals surface area contributed by atoms with Crippen LogP contribution in [-0.2, 0) is 11.8 Å². The van der Waals surface area contributed by atoms with Crippen molar-refractivity contribution in [1.82, 2.24) is 14.9 Å². The minimum absolute atomic E-state index is 0.0537. The molecule has 0 saturated carbocycles. The summed E-state index contributed by atoms with van der Waals surface area (Å²) in [6.45, 7) is 4.88. The minimum Gasteiger partial charge on any atom is -0.355 e. The van der Waals surface area contributed by atoms with Crippen molar-refractivity contribution in [1.29, 1.82) is 0 Å². The molecule has 0 aliphatic rings. The third-order valence-electron chi connectivity index (χ3n) is 3.05. The van der Waals surface area contributed by atoms with Gasteiger partial charge >= 0.3 is 0 Å². The molecular weight excluding hydrogens is 282 g/mol. The first kappa shape index (κ1) is 15.6. The highest BCUT2D eigenvalue weighted by Gasteiger charge is 2.11. The van der Waals surface area contributed by atoms with Gasteiger partial charge in [-0.2, -0.15) is 0 Å². The van der Waals surface area contributed by atoms with Gasteiger partial charge in [0.25, 0.3) is 0 Å². The Labute approximate surface area is 130 Å². The molecule has 0 bridgehead atoms. The first-order chi connectivity index (χ1) is 10.1. The van der Waals surface area contributed by atoms with Crippen LogP contribution in [0, 0.1) is 5.92 Å². The molecule has 2 aromatic rings. The Balaban J connectivity index is 1.97. The highest BCUT2D eigenvalue weighted by Crippen LogP contribution is 2.24. The number of hydrogen-bond acceptors (Lipinski definition) is 3. The Morgan fingerprint density at radius 1 is 1.33 bits per heavy atom. The van der Waals surface area contributed by atoms with Crippen LogP contribution in [0.4, 0.5) is 0 Å². The lowest BCUT2D eigenvalue weighted by molar-refractivity contribution is -0.118. The number of aromatic nitrogens is 2. The van der Waals surface area contributed by atoms with Gasteiger partial charge in [0.05, 0.1) is 17.6 Å². The van der Waals surface area contributed by atoms with E-state index < -0.39 is 0 Å². The van der Waals surface area contributed by atoms with E-state index in [9.17, 15) is 4.79 Å². The monoisotopic (exact) mass is 303 g/mol. The minimum atomic E-state index is 0.0537. The zero-order valence-electron chi connectivity index (χ0n) is 12.7. The molecule has 1 heterocycles. The van der Waals surface area contributed by atoms with Crippen molar-refractivity contribution in [2.45, 2.75) is 19.0 Å². The summed E-state index contributed by atoms with van der Waals surface area (Å²) in [6, 6.07) is 10.1. The van der Waals surface area contributed by atoms with Crippen LogP contribution < -0.4 is 5.32 Å². The van der Waals surface area contributed by atoms with Crippen molar-refractivity contribution < 1.29 is 4.79 Å². The molecule has 1 aromatic carbocycles. The van der Waals surface area contributed by atoms with E-state index in [1.165, 1.54) is 11.8 Å². The number of thioether (sulfide) groups is 1. The zero-order chi connectivity index (χ0) is 15.2. The second kappa shape index (κ2) is 7.31. The summed E-state index contributed by atoms with van der Waals surface area (Å²) < 4.78 is 2.02. The van der Waals surface area contributed by atoms with E-state index in [1.807, 2.05) is 36.0 Å². The summed E-state index contributed by atoms with van der Waals surface area (Å²) >= 11 is 1.46. The Hall–Kier alpha value is -1.75. The number of amides is 1. The molecule has 0 aliphatic carbocycles. The lowest BCUT2D eigenvalue weighted by Gasteiger charge is -2.08. The molecule has 0 spiro atoms. The molecule has 1 aromatic heterocycles. The lowest BCUT2D eigenvalue weighted by atomic mass is 10.2. The number of hydrogen-bond donors (Lipinski definition) is 1. The van der Waals surface area contributed by atoms with Crippen molar-refractivity contribution in [3.05, 3.63) is 36.5 Å². The first-order valence-electron chi connectivity index (χ1n) is 7.04. The normalized spacial score (nSPS) is 10.9. The summed E-state index contributed by atoms with van der Waals surface area (Å²) in [5.74, 6) is 0.918. The third kappa shape index (κ3) is 4.36. The van der Waals surface area contributed by atoms with E-state index >= 15 is 0 Å². The molecule has 0 aliphatic heterocycles. The van der Waals surface area contributed by atoms with Crippen molar-refractivity contribution in [2.75, 3.05) is 12.3 Å². The van der Waals surface area contributed by atoms with Crippen molar-refractivity contribution in [3.8, 4) is 11.3 Å². The largest absolute Gasteiger partial charge is 0.355 e. The van der Waals surface area contributed by atoms with Crippen LogP contribution in [0.15, 0.2) is 41.7 Å². The molecule has 1 N–H and O–H groups in total. The Bertz CT molecular complexity index is 593. The Morgan fingerprint density at radius 2 is 2.05 bits per heavy atom. The van der Waals surface area contributed by atoms with E-state index in [2.05, 4.69) is 36.3 Å². The number of rotatable bonds is 6. The summed E-state index contributed by atoms with van der Waals surface area (Å²) in [4.78, 5) is 16.1. The summed E-state index contributed by atoms with van der Waals surface area (Å²) in [5, 5.41) is 3.77. The van der Waals surface area contributed by atoms with Gasteiger partial charge in [0, 0.05) is 13.6 Å². The molecule has 0 fully saturated rings. The third-order valence-corrected chi connectivity index (χ3v) is 4.10. The molecule has 5 heteroatoms. The van der Waals surface area contributed by atoms with Gasteiger partial charge in [-0.1, -0.05) is 55.9 Å². The van der Waals surface area contributed by atoms with Gasteiger partial charge in [-0.15, -0.1) is 0 Å². The van der Waals surface area contributed by atoms with Crippen molar-refractivity contribution in [3.63, 3.8) is 0 Å². The predicted octanol–water partition coefficient (Wildman–Crippen LogP) is 2.95. The van der Waals surface area contributed by atoms with Gasteiger partial charge in [0.1, 0.15) is 0 Å². The predicted molar refractivity (Wildman–Crippen MR) is 87.2 cm³/mol. The van der Waals surface area contributed by atoms with Crippen molar-refractivity contribution >= 4 is 17.7 Å². The fourth-order valence-electron chi connectivity index (χ4n) is 1.90. The maximum Gasteiger partial charge on any atom is 0.230 e. The number of benzene rings is 1. The number of nitrogens with zero attached hydrogens (tertiary/aromatic N) is 2. The van der Waals surface area contributed by atoms with Gasteiger partial charge in [0.2, 0.25) is 5.91 Å². The number of nitrogens with one attached hydrogen (secondary N) is 1. The maximum absolute atomic E-state index is 11.7. The highest BCUT2D eigenvalue weighted by molar-refractivity contribution is 7.99. The average Bonchev–Trinajstić information content (AvgIpc) is 2.85. The molecule has 4 nitrogen and oxygen atoms in total. The van der Waals surface area contributed by atoms with E-state index in [4.69, 9.17) is 0 Å². The molecule has 0 radical (unpaired) electrons. The molecule has 0 unspecified atom stereocenters. The van der Waals surface area contributed by atoms with Crippen molar-refractivity contribution in [2.24, 2.45) is 13.0 Å². The molecule has 0 saturated heterocycles. The quantitative estimate of drug-likeness (QED) is 0.835. The van der Waals surface area contributed by atoms with E-state index in [-0.39, 0.29) is 5.91 Å². The molecule has 2 rings (SSSR count). The lowest BCUT2D eigenvalue weighted by Crippen LogP contribution is -2.28. The molecule has 112 valence electrons. The molecular formula is C16H21N3OS. The van der Waals surface area contributed by atoms with Gasteiger partial charge in [-0.05, 0) is 11.5 Å². The average molecular weight is 303 g/mol. The summed E-state index contributed by atoms with van der Waals surface area (Å²) in [7, 11) is 1.98. The maximum atomic E-state index is 11.7. The van der Waals surface area contributed by atoms with Crippen LogP contribution in [-0.4, -0.2) is 27.8 Å². The van der Waals surface area contributed by atoms with Crippen LogP contribution in [0.2, 0.25) is 0 Å². The topological polar surface area (TPSA) is 46.9 Å². The number of carbonyl (C=O) groups is 1. The number of carbonyl (C=O) groups excluding carboxylic acids is 1. The van der Waals surface area contributed by atoms with Crippen LogP contribution >= 0.6 is 11.8 Å². The molecule has 21 heavy (non-hydrogen) atoms. The Kier molecular flexibility index (Phi) is 5.44. The van der Waals surface area contributed by atoms with Crippen LogP contribution in [0.5, 0.6) is 0 Å². The van der Waals surface area contributed by atoms with Gasteiger partial charge < -0.3 is 9.88 Å². The summed E-state index contributed by atoms with van der Waals surface area (Å²) in [6.07, 6.45) is 1.85. The van der Waals surface area contributed by atoms with E-state index in [1.54, 1.807) is 0 Å². The standard InChI is InChI=1S/C16H21N3OS/c1-12(2)9-17-15(20)11-21-16-18-10-14(19(16)3)13-7-5-4-6-8-13/h4-8,10,12H,9,11H2,1-3H3,(H,17,20). The van der Waals surface area contributed by atoms with Gasteiger partial charge in [0.15, 0.2) is 5.16 Å². The van der Waals surface area contributed by atoms with Gasteiger partial charge in [-0.3, -0.25) is 4.79 Å². The fourth-order valence-corrected chi connectivity index (χ4v) is 2.68. The smallest absolute Gasteiger partial charge is 0.230 e. The summed E-state index contributed by atoms with van der Waals surface area (Å²) in [5.41, 5.74) is 2.18. The van der Waals surface area contributed by atoms with Crippen LogP contribution in [0.25, 0.3) is 11.3 Å². The second-order valence-electron chi connectivity index (χ2n) is 5.34. The fraction of sp³-hybridized carbons (Fsp3) is 0.375. The van der Waals surface area contributed by atoms with Crippen LogP contribution in [0.3, 0.4) is 0 Å². The first-order valence-corrected chi connectivity index (χ1v) is 8.03. The van der Waals surface area contributed by atoms with E-state index in [0.29, 0.717) is 11.7 Å². The molecule has 1 amide bonds. The van der Waals surface area contributed by atoms with E-state index in [0.717, 1.165) is 23.0 Å². The Morgan fingerprint density at radius 3 is 2.71 bits per heavy atom. The highest BCUT2D eigenvalue weighted by atomic mass is 32.2.